The van der Waals surface area contributed by atoms with E-state index in [1.807, 2.05) is 30.3 Å². The van der Waals surface area contributed by atoms with Crippen molar-refractivity contribution in [3.05, 3.63) is 99.5 Å². The molecule has 150 valence electrons. The van der Waals surface area contributed by atoms with E-state index in [-0.39, 0.29) is 5.56 Å². The molecule has 0 aliphatic carbocycles. The number of halogens is 2. The molecule has 4 rings (SSSR count). The molecule has 0 radical (unpaired) electrons. The third-order valence-corrected chi connectivity index (χ3v) is 5.10. The van der Waals surface area contributed by atoms with Crippen LogP contribution in [0.15, 0.2) is 71.7 Å². The predicted molar refractivity (Wildman–Crippen MR) is 107 cm³/mol. The first kappa shape index (κ1) is 19.3. The number of hydrogen-bond acceptors (Lipinski definition) is 3. The maximum atomic E-state index is 14.9. The van der Waals surface area contributed by atoms with Crippen molar-refractivity contribution < 1.29 is 13.5 Å². The number of aromatic nitrogens is 1. The summed E-state index contributed by atoms with van der Waals surface area (Å²) in [5.74, 6) is -2.79. The molecule has 0 saturated carbocycles. The molecule has 4 nitrogen and oxygen atoms in total. The molecule has 29 heavy (non-hydrogen) atoms. The fourth-order valence-corrected chi connectivity index (χ4v) is 3.46. The Labute approximate surface area is 167 Å². The molecule has 6 heteroatoms. The lowest BCUT2D eigenvalue weighted by atomic mass is 9.96. The minimum Gasteiger partial charge on any atom is -0.489 e. The van der Waals surface area contributed by atoms with E-state index in [1.54, 1.807) is 12.1 Å². The summed E-state index contributed by atoms with van der Waals surface area (Å²) in [4.78, 5) is 12.3. The van der Waals surface area contributed by atoms with Gasteiger partial charge >= 0.3 is 0 Å². The monoisotopic (exact) mass is 396 g/mol. The van der Waals surface area contributed by atoms with Crippen molar-refractivity contribution in [1.82, 2.24) is 9.88 Å². The van der Waals surface area contributed by atoms with Crippen LogP contribution in [-0.2, 0) is 32.0 Å². The van der Waals surface area contributed by atoms with Gasteiger partial charge < -0.3 is 14.6 Å². The Morgan fingerprint density at radius 2 is 1.86 bits per heavy atom. The zero-order chi connectivity index (χ0) is 20.3. The highest BCUT2D eigenvalue weighted by atomic mass is 19.3. The maximum absolute atomic E-state index is 14.9. The van der Waals surface area contributed by atoms with E-state index in [4.69, 9.17) is 4.74 Å². The standard InChI is InChI=1S/C23H22F2N2O2/c24-23(25,20-7-6-18-8-10-26-14-19(18)12-20)16-27-11-9-21(13-22(27)28)29-15-17-4-2-1-3-5-17/h1-7,9,11-13,26H,8,10,14-16H2. The number of pyridine rings is 1. The molecule has 0 unspecified atom stereocenters. The van der Waals surface area contributed by atoms with Crippen LogP contribution in [0.3, 0.4) is 0 Å². The van der Waals surface area contributed by atoms with Gasteiger partial charge in [-0.05, 0) is 41.8 Å². The van der Waals surface area contributed by atoms with Gasteiger partial charge in [0.1, 0.15) is 12.4 Å². The van der Waals surface area contributed by atoms with E-state index in [0.717, 1.165) is 34.2 Å². The Morgan fingerprint density at radius 1 is 1.03 bits per heavy atom. The highest BCUT2D eigenvalue weighted by molar-refractivity contribution is 5.35. The average molecular weight is 396 g/mol. The summed E-state index contributed by atoms with van der Waals surface area (Å²) in [6.07, 6.45) is 2.20. The zero-order valence-electron chi connectivity index (χ0n) is 15.9. The Kier molecular flexibility index (Phi) is 5.45. The molecular weight excluding hydrogens is 374 g/mol. The van der Waals surface area contributed by atoms with Gasteiger partial charge in [0.25, 0.3) is 11.5 Å². The molecule has 1 N–H and O–H groups in total. The summed E-state index contributed by atoms with van der Waals surface area (Å²) < 4.78 is 36.3. The van der Waals surface area contributed by atoms with Crippen LogP contribution in [-0.4, -0.2) is 11.1 Å². The van der Waals surface area contributed by atoms with Gasteiger partial charge in [0.2, 0.25) is 0 Å². The fourth-order valence-electron chi connectivity index (χ4n) is 3.46. The Bertz CT molecular complexity index is 1050. The van der Waals surface area contributed by atoms with Gasteiger partial charge in [-0.1, -0.05) is 42.5 Å². The minimum atomic E-state index is -3.15. The van der Waals surface area contributed by atoms with Crippen molar-refractivity contribution in [3.8, 4) is 5.75 Å². The Balaban J connectivity index is 1.47. The Hall–Kier alpha value is -2.99. The third kappa shape index (κ3) is 4.54. The highest BCUT2D eigenvalue weighted by Gasteiger charge is 2.33. The predicted octanol–water partition coefficient (Wildman–Crippen LogP) is 3.87. The molecule has 1 aromatic heterocycles. The van der Waals surface area contributed by atoms with Crippen LogP contribution >= 0.6 is 0 Å². The van der Waals surface area contributed by atoms with E-state index in [9.17, 15) is 13.6 Å². The molecule has 0 atom stereocenters. The van der Waals surface area contributed by atoms with E-state index >= 15 is 0 Å². The number of fused-ring (bicyclic) bond motifs is 1. The van der Waals surface area contributed by atoms with Gasteiger partial charge in [-0.2, -0.15) is 8.78 Å². The van der Waals surface area contributed by atoms with Crippen LogP contribution in [0.5, 0.6) is 5.75 Å². The fraction of sp³-hybridized carbons (Fsp3) is 0.261. The van der Waals surface area contributed by atoms with Gasteiger partial charge in [0.05, 0.1) is 6.54 Å². The lowest BCUT2D eigenvalue weighted by molar-refractivity contribution is -0.0233. The molecule has 2 aromatic carbocycles. The summed E-state index contributed by atoms with van der Waals surface area (Å²) in [6.45, 7) is 1.05. The first-order valence-corrected chi connectivity index (χ1v) is 9.59. The Morgan fingerprint density at radius 3 is 2.66 bits per heavy atom. The summed E-state index contributed by atoms with van der Waals surface area (Å²) in [5.41, 5.74) is 2.36. The van der Waals surface area contributed by atoms with Crippen molar-refractivity contribution >= 4 is 0 Å². The second-order valence-corrected chi connectivity index (χ2v) is 7.22. The van der Waals surface area contributed by atoms with Gasteiger partial charge in [-0.25, -0.2) is 0 Å². The van der Waals surface area contributed by atoms with Gasteiger partial charge in [-0.3, -0.25) is 4.79 Å². The SMILES string of the molecule is O=c1cc(OCc2ccccc2)ccn1CC(F)(F)c1ccc2c(c1)CNCC2. The van der Waals surface area contributed by atoms with Crippen molar-refractivity contribution in [3.63, 3.8) is 0 Å². The quantitative estimate of drug-likeness (QED) is 0.688. The summed E-state index contributed by atoms with van der Waals surface area (Å²) in [7, 11) is 0. The summed E-state index contributed by atoms with van der Waals surface area (Å²) >= 11 is 0. The lowest BCUT2D eigenvalue weighted by Crippen LogP contribution is -2.30. The van der Waals surface area contributed by atoms with Gasteiger partial charge in [-0.15, -0.1) is 0 Å². The van der Waals surface area contributed by atoms with Crippen LogP contribution in [0.4, 0.5) is 8.78 Å². The molecule has 0 amide bonds. The number of hydrogen-bond donors (Lipinski definition) is 1. The average Bonchev–Trinajstić information content (AvgIpc) is 2.74. The summed E-state index contributed by atoms with van der Waals surface area (Å²) in [6, 6.07) is 17.1. The second kappa shape index (κ2) is 8.17. The van der Waals surface area contributed by atoms with Crippen molar-refractivity contribution in [2.45, 2.75) is 32.0 Å². The van der Waals surface area contributed by atoms with Crippen LogP contribution in [0.25, 0.3) is 0 Å². The van der Waals surface area contributed by atoms with Gasteiger partial charge in [0.15, 0.2) is 0 Å². The van der Waals surface area contributed by atoms with Crippen molar-refractivity contribution in [2.24, 2.45) is 0 Å². The molecule has 3 aromatic rings. The second-order valence-electron chi connectivity index (χ2n) is 7.22. The maximum Gasteiger partial charge on any atom is 0.290 e. The van der Waals surface area contributed by atoms with Crippen LogP contribution in [0.2, 0.25) is 0 Å². The zero-order valence-corrected chi connectivity index (χ0v) is 15.9. The molecule has 1 aliphatic heterocycles. The molecule has 0 bridgehead atoms. The number of ether oxygens (including phenoxy) is 1. The van der Waals surface area contributed by atoms with E-state index in [1.165, 1.54) is 24.4 Å². The van der Waals surface area contributed by atoms with E-state index < -0.39 is 18.0 Å². The molecule has 0 saturated heterocycles. The largest absolute Gasteiger partial charge is 0.489 e. The lowest BCUT2D eigenvalue weighted by Gasteiger charge is -2.22. The summed E-state index contributed by atoms with van der Waals surface area (Å²) in [5, 5.41) is 3.19. The molecular formula is C23H22F2N2O2. The first-order chi connectivity index (χ1) is 14.0. The van der Waals surface area contributed by atoms with Crippen LogP contribution in [0.1, 0.15) is 22.3 Å². The minimum absolute atomic E-state index is 0.0729. The smallest absolute Gasteiger partial charge is 0.290 e. The molecule has 0 fully saturated rings. The van der Waals surface area contributed by atoms with E-state index in [2.05, 4.69) is 5.32 Å². The van der Waals surface area contributed by atoms with E-state index in [0.29, 0.717) is 18.9 Å². The van der Waals surface area contributed by atoms with Crippen LogP contribution in [0, 0.1) is 0 Å². The molecule has 0 spiro atoms. The number of nitrogens with zero attached hydrogens (tertiary/aromatic N) is 1. The normalized spacial score (nSPS) is 13.7. The number of alkyl halides is 2. The highest BCUT2D eigenvalue weighted by Crippen LogP contribution is 2.31. The number of rotatable bonds is 6. The van der Waals surface area contributed by atoms with Crippen LogP contribution < -0.4 is 15.6 Å². The van der Waals surface area contributed by atoms with Crippen molar-refractivity contribution in [2.75, 3.05) is 6.54 Å². The number of benzene rings is 2. The van der Waals surface area contributed by atoms with Crippen molar-refractivity contribution in [1.29, 1.82) is 0 Å². The first-order valence-electron chi connectivity index (χ1n) is 9.59. The number of nitrogens with one attached hydrogen (secondary N) is 1. The molecule has 2 heterocycles. The topological polar surface area (TPSA) is 43.3 Å². The third-order valence-electron chi connectivity index (χ3n) is 5.10. The molecule has 1 aliphatic rings. The van der Waals surface area contributed by atoms with Gasteiger partial charge in [0, 0.05) is 24.4 Å².